The molecule has 2 aromatic carbocycles. The van der Waals surface area contributed by atoms with Crippen LogP contribution in [-0.4, -0.2) is 21.7 Å². The number of carbonyl (C=O) groups is 1. The lowest BCUT2D eigenvalue weighted by Crippen LogP contribution is -2.07. The molecule has 3 aromatic rings. The molecule has 0 saturated heterocycles. The number of nitrogens with zero attached hydrogens (tertiary/aromatic N) is 2. The molecule has 0 bridgehead atoms. The van der Waals surface area contributed by atoms with Gasteiger partial charge in [-0.3, -0.25) is 4.79 Å². The van der Waals surface area contributed by atoms with Gasteiger partial charge < -0.3 is 4.42 Å². The van der Waals surface area contributed by atoms with Crippen molar-refractivity contribution in [3.05, 3.63) is 76.7 Å². The number of aryl methyl sites for hydroxylation is 2. The Morgan fingerprint density at radius 2 is 1.86 bits per heavy atom. The molecule has 0 spiro atoms. The van der Waals surface area contributed by atoms with Crippen LogP contribution in [-0.2, 0) is 19.3 Å². The molecule has 3 rings (SSSR count). The Bertz CT molecular complexity index is 921. The zero-order valence-corrected chi connectivity index (χ0v) is 17.5. The molecule has 0 saturated carbocycles. The van der Waals surface area contributed by atoms with Gasteiger partial charge in [-0.1, -0.05) is 75.0 Å². The van der Waals surface area contributed by atoms with Crippen molar-refractivity contribution in [3.8, 4) is 0 Å². The molecule has 0 aliphatic rings. The fraction of sp³-hybridized carbons (Fsp3) is 0.348. The number of hydrogen-bond donors (Lipinski definition) is 0. The van der Waals surface area contributed by atoms with E-state index in [2.05, 4.69) is 55.2 Å². The predicted octanol–water partition coefficient (Wildman–Crippen LogP) is 5.52. The van der Waals surface area contributed by atoms with Crippen LogP contribution in [0.15, 0.2) is 58.2 Å². The number of aromatic nitrogens is 2. The molecule has 28 heavy (non-hydrogen) atoms. The van der Waals surface area contributed by atoms with Gasteiger partial charge in [0, 0.05) is 12.0 Å². The summed E-state index contributed by atoms with van der Waals surface area (Å²) in [5.74, 6) is 1.31. The highest BCUT2D eigenvalue weighted by Crippen LogP contribution is 2.24. The maximum Gasteiger partial charge on any atom is 0.277 e. The smallest absolute Gasteiger partial charge is 0.277 e. The molecule has 1 unspecified atom stereocenters. The molecule has 146 valence electrons. The van der Waals surface area contributed by atoms with E-state index in [1.165, 1.54) is 22.9 Å². The lowest BCUT2D eigenvalue weighted by Gasteiger charge is -2.09. The summed E-state index contributed by atoms with van der Waals surface area (Å²) in [7, 11) is 0. The van der Waals surface area contributed by atoms with Crippen molar-refractivity contribution in [1.82, 2.24) is 10.2 Å². The lowest BCUT2D eigenvalue weighted by molar-refractivity contribution is 0.102. The van der Waals surface area contributed by atoms with Crippen LogP contribution < -0.4 is 0 Å². The molecule has 0 fully saturated rings. The first-order valence-corrected chi connectivity index (χ1v) is 10.7. The van der Waals surface area contributed by atoms with Crippen LogP contribution in [0.25, 0.3) is 0 Å². The topological polar surface area (TPSA) is 56.0 Å². The summed E-state index contributed by atoms with van der Waals surface area (Å²) in [4.78, 5) is 12.7. The first kappa shape index (κ1) is 20.3. The Labute approximate surface area is 170 Å². The Morgan fingerprint density at radius 3 is 2.57 bits per heavy atom. The van der Waals surface area contributed by atoms with Crippen molar-refractivity contribution in [2.75, 3.05) is 5.75 Å². The summed E-state index contributed by atoms with van der Waals surface area (Å²) >= 11 is 1.31. The summed E-state index contributed by atoms with van der Waals surface area (Å²) in [5, 5.41) is 8.70. The Hall–Kier alpha value is -2.40. The van der Waals surface area contributed by atoms with Crippen LogP contribution in [0.2, 0.25) is 0 Å². The minimum Gasteiger partial charge on any atom is -0.416 e. The van der Waals surface area contributed by atoms with E-state index in [1.54, 1.807) is 0 Å². The van der Waals surface area contributed by atoms with Gasteiger partial charge in [0.05, 0.1) is 5.75 Å². The highest BCUT2D eigenvalue weighted by Gasteiger charge is 2.16. The molecular formula is C23H26N2O2S. The molecule has 0 aliphatic carbocycles. The number of hydrogen-bond acceptors (Lipinski definition) is 5. The highest BCUT2D eigenvalue weighted by molar-refractivity contribution is 7.99. The van der Waals surface area contributed by atoms with Gasteiger partial charge in [-0.15, -0.1) is 10.2 Å². The van der Waals surface area contributed by atoms with Crippen molar-refractivity contribution in [3.63, 3.8) is 0 Å². The van der Waals surface area contributed by atoms with Crippen molar-refractivity contribution in [1.29, 1.82) is 0 Å². The number of rotatable bonds is 9. The number of thioether (sulfide) groups is 1. The number of carbonyl (C=O) groups excluding carboxylic acids is 1. The van der Waals surface area contributed by atoms with E-state index < -0.39 is 0 Å². The second-order valence-electron chi connectivity index (χ2n) is 6.89. The van der Waals surface area contributed by atoms with Gasteiger partial charge in [-0.25, -0.2) is 0 Å². The van der Waals surface area contributed by atoms with Gasteiger partial charge in [0.2, 0.25) is 5.89 Å². The third-order valence-electron chi connectivity index (χ3n) is 4.89. The van der Waals surface area contributed by atoms with Crippen LogP contribution in [0.4, 0.5) is 0 Å². The Kier molecular flexibility index (Phi) is 7.04. The van der Waals surface area contributed by atoms with E-state index in [-0.39, 0.29) is 5.78 Å². The van der Waals surface area contributed by atoms with Crippen molar-refractivity contribution >= 4 is 17.5 Å². The number of Topliss-reactive ketones (excluding diaryl/α,β-unsaturated/α-hetero) is 1. The molecule has 0 N–H and O–H groups in total. The molecule has 5 heteroatoms. The van der Waals surface area contributed by atoms with Crippen LogP contribution in [0.3, 0.4) is 0 Å². The summed E-state index contributed by atoms with van der Waals surface area (Å²) in [6, 6.07) is 16.5. The summed E-state index contributed by atoms with van der Waals surface area (Å²) in [6.07, 6.45) is 2.45. The minimum absolute atomic E-state index is 0.106. The monoisotopic (exact) mass is 394 g/mol. The van der Waals surface area contributed by atoms with E-state index in [4.69, 9.17) is 4.42 Å². The third-order valence-corrected chi connectivity index (χ3v) is 5.71. The quantitative estimate of drug-likeness (QED) is 0.353. The van der Waals surface area contributed by atoms with Crippen LogP contribution >= 0.6 is 11.8 Å². The standard InChI is InChI=1S/C23H26N2O2S/c1-4-17-11-12-18(5-2)20(14-17)21(26)15-28-23-25-24-22(27-23)13-16(3)19-9-7-6-8-10-19/h6-12,14,16H,4-5,13,15H2,1-3H3. The van der Waals surface area contributed by atoms with Crippen molar-refractivity contribution in [2.24, 2.45) is 0 Å². The molecule has 0 radical (unpaired) electrons. The molecule has 1 atom stereocenters. The molecular weight excluding hydrogens is 368 g/mol. The zero-order chi connectivity index (χ0) is 19.9. The normalized spacial score (nSPS) is 12.1. The summed E-state index contributed by atoms with van der Waals surface area (Å²) in [6.45, 7) is 6.31. The largest absolute Gasteiger partial charge is 0.416 e. The molecule has 4 nitrogen and oxygen atoms in total. The lowest BCUT2D eigenvalue weighted by atomic mass is 9.98. The van der Waals surface area contributed by atoms with Gasteiger partial charge in [-0.05, 0) is 41.5 Å². The van der Waals surface area contributed by atoms with E-state index in [9.17, 15) is 4.79 Å². The predicted molar refractivity (Wildman–Crippen MR) is 113 cm³/mol. The maximum atomic E-state index is 12.7. The Balaban J connectivity index is 1.61. The zero-order valence-electron chi connectivity index (χ0n) is 16.6. The highest BCUT2D eigenvalue weighted by atomic mass is 32.2. The van der Waals surface area contributed by atoms with Crippen LogP contribution in [0, 0.1) is 0 Å². The van der Waals surface area contributed by atoms with Crippen molar-refractivity contribution < 1.29 is 9.21 Å². The van der Waals surface area contributed by atoms with Gasteiger partial charge in [0.25, 0.3) is 5.22 Å². The maximum absolute atomic E-state index is 12.7. The average molecular weight is 395 g/mol. The second kappa shape index (κ2) is 9.69. The van der Waals surface area contributed by atoms with E-state index >= 15 is 0 Å². The van der Waals surface area contributed by atoms with Crippen molar-refractivity contribution in [2.45, 2.75) is 51.2 Å². The van der Waals surface area contributed by atoms with Crippen LogP contribution in [0.1, 0.15) is 59.6 Å². The first-order valence-electron chi connectivity index (χ1n) is 9.75. The number of benzene rings is 2. The third kappa shape index (κ3) is 5.10. The van der Waals surface area contributed by atoms with Gasteiger partial charge >= 0.3 is 0 Å². The average Bonchev–Trinajstić information content (AvgIpc) is 3.19. The van der Waals surface area contributed by atoms with Gasteiger partial charge in [0.1, 0.15) is 0 Å². The molecule has 0 aliphatic heterocycles. The fourth-order valence-corrected chi connectivity index (χ4v) is 3.82. The van der Waals surface area contributed by atoms with Gasteiger partial charge in [-0.2, -0.15) is 0 Å². The van der Waals surface area contributed by atoms with Crippen LogP contribution in [0.5, 0.6) is 0 Å². The van der Waals surface area contributed by atoms with Gasteiger partial charge in [0.15, 0.2) is 5.78 Å². The SMILES string of the molecule is CCc1ccc(CC)c(C(=O)CSc2nnc(CC(C)c3ccccc3)o2)c1. The Morgan fingerprint density at radius 1 is 1.07 bits per heavy atom. The summed E-state index contributed by atoms with van der Waals surface area (Å²) < 4.78 is 5.75. The molecule has 0 amide bonds. The van der Waals surface area contributed by atoms with E-state index in [0.717, 1.165) is 24.0 Å². The fourth-order valence-electron chi connectivity index (χ4n) is 3.16. The minimum atomic E-state index is 0.106. The van der Waals surface area contributed by atoms with E-state index in [1.807, 2.05) is 24.3 Å². The molecule has 1 aromatic heterocycles. The molecule has 1 heterocycles. The first-order chi connectivity index (χ1) is 13.6. The summed E-state index contributed by atoms with van der Waals surface area (Å²) in [5.41, 5.74) is 4.33. The number of ketones is 1. The van der Waals surface area contributed by atoms with E-state index in [0.29, 0.717) is 29.2 Å². The second-order valence-corrected chi connectivity index (χ2v) is 7.81.